The van der Waals surface area contributed by atoms with Crippen LogP contribution in [0.1, 0.15) is 72.0 Å². The molecule has 6 rings (SSSR count). The summed E-state index contributed by atoms with van der Waals surface area (Å²) in [6.45, 7) is 10.4. The van der Waals surface area contributed by atoms with Crippen molar-refractivity contribution >= 4 is 5.97 Å². The molecule has 1 aromatic rings. The number of cyclic esters (lactones) is 1. The number of hydrogen-bond donors (Lipinski definition) is 3. The van der Waals surface area contributed by atoms with Crippen molar-refractivity contribution in [2.45, 2.75) is 96.4 Å². The standard InChI is InChI=1S/C26H36O7/c1-22(2)15-10-18(29)25(5)14(24(15,4)17(28)11-16(22)27)6-8-23(3)19(13-7-9-31-12-13)32-21(30)20-26(23,25)33-20/h7,9,12,14-20,27-29H,6,8,10-11H2,1-5H3/t14-,15+,16+,17-,18-,19+,20+,23-,24+,25+,26-/m0/s1. The first kappa shape index (κ1) is 22.1. The highest BCUT2D eigenvalue weighted by molar-refractivity contribution is 5.82. The molecule has 3 saturated carbocycles. The first-order chi connectivity index (χ1) is 15.4. The highest BCUT2D eigenvalue weighted by Crippen LogP contribution is 2.80. The van der Waals surface area contributed by atoms with Gasteiger partial charge in [-0.05, 0) is 42.6 Å². The first-order valence-corrected chi connectivity index (χ1v) is 12.3. The van der Waals surface area contributed by atoms with Gasteiger partial charge < -0.3 is 29.2 Å². The van der Waals surface area contributed by atoms with E-state index in [9.17, 15) is 20.1 Å². The quantitative estimate of drug-likeness (QED) is 0.436. The van der Waals surface area contributed by atoms with Gasteiger partial charge in [-0.25, -0.2) is 4.79 Å². The molecule has 1 aromatic heterocycles. The molecule has 7 nitrogen and oxygen atoms in total. The van der Waals surface area contributed by atoms with Crippen LogP contribution in [-0.2, 0) is 14.3 Å². The minimum Gasteiger partial charge on any atom is -0.472 e. The molecule has 3 N–H and O–H groups in total. The number of aliphatic hydroxyl groups is 3. The topological polar surface area (TPSA) is 113 Å². The number of carbonyl (C=O) groups excluding carboxylic acids is 1. The van der Waals surface area contributed by atoms with Crippen LogP contribution in [-0.4, -0.2) is 51.3 Å². The Balaban J connectivity index is 1.51. The highest BCUT2D eigenvalue weighted by Gasteiger charge is 2.88. The summed E-state index contributed by atoms with van der Waals surface area (Å²) in [6, 6.07) is 1.83. The summed E-state index contributed by atoms with van der Waals surface area (Å²) in [6.07, 6.45) is 2.17. The van der Waals surface area contributed by atoms with E-state index in [-0.39, 0.29) is 17.8 Å². The lowest BCUT2D eigenvalue weighted by Crippen LogP contribution is -2.75. The molecule has 1 spiro atoms. The summed E-state index contributed by atoms with van der Waals surface area (Å²) in [7, 11) is 0. The molecule has 3 aliphatic carbocycles. The second-order valence-corrected chi connectivity index (χ2v) is 12.7. The summed E-state index contributed by atoms with van der Waals surface area (Å²) in [5, 5.41) is 34.1. The molecule has 0 bridgehead atoms. The zero-order valence-electron chi connectivity index (χ0n) is 20.1. The molecule has 7 heteroatoms. The molecular weight excluding hydrogens is 424 g/mol. The number of rotatable bonds is 1. The Labute approximate surface area is 194 Å². The number of esters is 1. The maximum absolute atomic E-state index is 13.1. The fraction of sp³-hybridized carbons (Fsp3) is 0.808. The average Bonchev–Trinajstić information content (AvgIpc) is 3.32. The average molecular weight is 461 g/mol. The van der Waals surface area contributed by atoms with E-state index in [1.165, 1.54) is 0 Å². The molecule has 3 heterocycles. The van der Waals surface area contributed by atoms with Gasteiger partial charge in [0, 0.05) is 28.2 Å². The summed E-state index contributed by atoms with van der Waals surface area (Å²) in [5.74, 6) is -0.524. The molecule has 5 aliphatic rings. The lowest BCUT2D eigenvalue weighted by molar-refractivity contribution is -0.293. The summed E-state index contributed by atoms with van der Waals surface area (Å²) in [5.41, 5.74) is -2.33. The maximum Gasteiger partial charge on any atom is 0.339 e. The van der Waals surface area contributed by atoms with Crippen LogP contribution in [0.2, 0.25) is 0 Å². The Morgan fingerprint density at radius 2 is 1.67 bits per heavy atom. The third-order valence-electron chi connectivity index (χ3n) is 11.4. The minimum absolute atomic E-state index is 0.0602. The Morgan fingerprint density at radius 3 is 2.33 bits per heavy atom. The second-order valence-electron chi connectivity index (χ2n) is 12.7. The zero-order chi connectivity index (χ0) is 23.8. The van der Waals surface area contributed by atoms with Crippen LogP contribution in [0.4, 0.5) is 0 Å². The van der Waals surface area contributed by atoms with Crippen LogP contribution < -0.4 is 0 Å². The van der Waals surface area contributed by atoms with E-state index in [4.69, 9.17) is 13.9 Å². The van der Waals surface area contributed by atoms with Crippen molar-refractivity contribution in [3.8, 4) is 0 Å². The third-order valence-corrected chi connectivity index (χ3v) is 11.4. The van der Waals surface area contributed by atoms with E-state index in [1.54, 1.807) is 12.5 Å². The van der Waals surface area contributed by atoms with Gasteiger partial charge in [0.05, 0.1) is 30.8 Å². The predicted octanol–water partition coefficient (Wildman–Crippen LogP) is 2.98. The van der Waals surface area contributed by atoms with Crippen molar-refractivity contribution < 1.29 is 34.0 Å². The van der Waals surface area contributed by atoms with Crippen LogP contribution >= 0.6 is 0 Å². The number of ether oxygens (including phenoxy) is 2. The second kappa shape index (κ2) is 6.23. The maximum atomic E-state index is 13.1. The SMILES string of the molecule is CC1(C)[C@H](O)C[C@H](O)[C@@]2(C)[C@@H]1C[C@H](O)[C@@]1(C)[C@H]2CC[C@@]2(C)[C@@H](c3ccoc3)OC(=O)[C@H]3O[C@]312. The summed E-state index contributed by atoms with van der Waals surface area (Å²) >= 11 is 0. The van der Waals surface area contributed by atoms with Crippen molar-refractivity contribution in [1.29, 1.82) is 0 Å². The molecule has 0 aromatic carbocycles. The van der Waals surface area contributed by atoms with E-state index < -0.39 is 57.8 Å². The fourth-order valence-corrected chi connectivity index (χ4v) is 9.48. The Bertz CT molecular complexity index is 989. The number of furan rings is 1. The van der Waals surface area contributed by atoms with Crippen LogP contribution in [0, 0.1) is 33.5 Å². The van der Waals surface area contributed by atoms with Gasteiger partial charge in [-0.2, -0.15) is 0 Å². The van der Waals surface area contributed by atoms with Gasteiger partial charge in [-0.1, -0.05) is 34.6 Å². The molecular formula is C26H36O7. The molecule has 0 unspecified atom stereocenters. The number of carbonyl (C=O) groups is 1. The molecule has 2 saturated heterocycles. The van der Waals surface area contributed by atoms with Crippen molar-refractivity contribution in [3.05, 3.63) is 24.2 Å². The monoisotopic (exact) mass is 460 g/mol. The van der Waals surface area contributed by atoms with Gasteiger partial charge in [-0.3, -0.25) is 0 Å². The number of hydrogen-bond acceptors (Lipinski definition) is 7. The third kappa shape index (κ3) is 2.20. The van der Waals surface area contributed by atoms with Gasteiger partial charge >= 0.3 is 5.97 Å². The predicted molar refractivity (Wildman–Crippen MR) is 117 cm³/mol. The minimum atomic E-state index is -0.881. The molecule has 0 amide bonds. The fourth-order valence-electron chi connectivity index (χ4n) is 9.48. The van der Waals surface area contributed by atoms with Crippen LogP contribution in [0.3, 0.4) is 0 Å². The van der Waals surface area contributed by atoms with Crippen LogP contribution in [0.25, 0.3) is 0 Å². The molecule has 0 radical (unpaired) electrons. The molecule has 11 atom stereocenters. The zero-order valence-corrected chi connectivity index (χ0v) is 20.1. The largest absolute Gasteiger partial charge is 0.472 e. The Hall–Kier alpha value is -1.41. The van der Waals surface area contributed by atoms with Crippen molar-refractivity contribution in [1.82, 2.24) is 0 Å². The number of aliphatic hydroxyl groups excluding tert-OH is 3. The van der Waals surface area contributed by atoms with Gasteiger partial charge in [0.15, 0.2) is 6.10 Å². The van der Waals surface area contributed by atoms with Gasteiger partial charge in [-0.15, -0.1) is 0 Å². The van der Waals surface area contributed by atoms with Gasteiger partial charge in [0.1, 0.15) is 11.7 Å². The lowest BCUT2D eigenvalue weighted by Gasteiger charge is -2.71. The Kier molecular flexibility index (Phi) is 4.17. The normalized spacial score (nSPS) is 56.6. The first-order valence-electron chi connectivity index (χ1n) is 12.3. The van der Waals surface area contributed by atoms with E-state index >= 15 is 0 Å². The molecule has 182 valence electrons. The van der Waals surface area contributed by atoms with E-state index in [2.05, 4.69) is 34.6 Å². The van der Waals surface area contributed by atoms with Crippen molar-refractivity contribution in [2.24, 2.45) is 33.5 Å². The lowest BCUT2D eigenvalue weighted by atomic mass is 9.34. The smallest absolute Gasteiger partial charge is 0.339 e. The van der Waals surface area contributed by atoms with E-state index in [1.807, 2.05) is 6.07 Å². The van der Waals surface area contributed by atoms with E-state index in [0.29, 0.717) is 12.8 Å². The number of fused-ring (bicyclic) bond motifs is 3. The Morgan fingerprint density at radius 1 is 0.939 bits per heavy atom. The van der Waals surface area contributed by atoms with Crippen LogP contribution in [0.15, 0.2) is 23.0 Å². The van der Waals surface area contributed by atoms with Crippen LogP contribution in [0.5, 0.6) is 0 Å². The number of epoxide rings is 1. The summed E-state index contributed by atoms with van der Waals surface area (Å²) in [4.78, 5) is 13.1. The summed E-state index contributed by atoms with van der Waals surface area (Å²) < 4.78 is 17.6. The molecule has 2 aliphatic heterocycles. The van der Waals surface area contributed by atoms with E-state index in [0.717, 1.165) is 18.4 Å². The van der Waals surface area contributed by atoms with Crippen molar-refractivity contribution in [3.63, 3.8) is 0 Å². The molecule has 5 fully saturated rings. The molecule has 33 heavy (non-hydrogen) atoms. The van der Waals surface area contributed by atoms with Gasteiger partial charge in [0.2, 0.25) is 0 Å². The highest BCUT2D eigenvalue weighted by atomic mass is 16.7. The van der Waals surface area contributed by atoms with Crippen molar-refractivity contribution in [2.75, 3.05) is 0 Å². The van der Waals surface area contributed by atoms with Gasteiger partial charge in [0.25, 0.3) is 0 Å².